The molecule has 1 aromatic carbocycles. The maximum atomic E-state index is 11.6. The standard InChI is InChI=1S/C14H20N2O5/c1-10(2)20-8-7-15-14(19)16-11-3-5-12(6-4-11)21-9-13(17)18/h3-6,10H,7-9H2,1-2H3,(H,17,18)(H2,15,16,19). The average Bonchev–Trinajstić information content (AvgIpc) is 2.42. The summed E-state index contributed by atoms with van der Waals surface area (Å²) in [5, 5.41) is 13.8. The summed E-state index contributed by atoms with van der Waals surface area (Å²) in [5.41, 5.74) is 0.583. The smallest absolute Gasteiger partial charge is 0.341 e. The second-order valence-electron chi connectivity index (χ2n) is 4.51. The number of anilines is 1. The number of benzene rings is 1. The summed E-state index contributed by atoms with van der Waals surface area (Å²) in [6.45, 7) is 4.32. The highest BCUT2D eigenvalue weighted by molar-refractivity contribution is 5.89. The van der Waals surface area contributed by atoms with Crippen LogP contribution in [0.4, 0.5) is 10.5 Å². The van der Waals surface area contributed by atoms with Gasteiger partial charge in [-0.2, -0.15) is 0 Å². The van der Waals surface area contributed by atoms with E-state index in [9.17, 15) is 9.59 Å². The zero-order valence-corrected chi connectivity index (χ0v) is 12.1. The van der Waals surface area contributed by atoms with Crippen LogP contribution in [-0.2, 0) is 9.53 Å². The molecule has 7 nitrogen and oxygen atoms in total. The van der Waals surface area contributed by atoms with Crippen molar-refractivity contribution >= 4 is 17.7 Å². The Labute approximate surface area is 123 Å². The number of rotatable bonds is 8. The Morgan fingerprint density at radius 2 is 1.90 bits per heavy atom. The van der Waals surface area contributed by atoms with Crippen molar-refractivity contribution in [2.75, 3.05) is 25.1 Å². The predicted octanol–water partition coefficient (Wildman–Crippen LogP) is 1.70. The number of aliphatic carboxylic acids is 1. The average molecular weight is 296 g/mol. The van der Waals surface area contributed by atoms with Gasteiger partial charge < -0.3 is 25.2 Å². The lowest BCUT2D eigenvalue weighted by Crippen LogP contribution is -2.32. The van der Waals surface area contributed by atoms with Gasteiger partial charge in [0.15, 0.2) is 6.61 Å². The number of carbonyl (C=O) groups is 2. The molecule has 0 fully saturated rings. The molecule has 0 radical (unpaired) electrons. The third-order valence-corrected chi connectivity index (χ3v) is 2.31. The Morgan fingerprint density at radius 3 is 2.48 bits per heavy atom. The van der Waals surface area contributed by atoms with E-state index in [1.165, 1.54) is 0 Å². The molecule has 0 unspecified atom stereocenters. The van der Waals surface area contributed by atoms with Gasteiger partial charge in [-0.05, 0) is 38.1 Å². The molecule has 0 atom stereocenters. The van der Waals surface area contributed by atoms with E-state index in [0.717, 1.165) is 0 Å². The second-order valence-corrected chi connectivity index (χ2v) is 4.51. The third kappa shape index (κ3) is 7.78. The first-order chi connectivity index (χ1) is 9.97. The van der Waals surface area contributed by atoms with E-state index in [0.29, 0.717) is 24.6 Å². The van der Waals surface area contributed by atoms with Gasteiger partial charge in [-0.15, -0.1) is 0 Å². The summed E-state index contributed by atoms with van der Waals surface area (Å²) >= 11 is 0. The van der Waals surface area contributed by atoms with Crippen molar-refractivity contribution in [2.45, 2.75) is 20.0 Å². The summed E-state index contributed by atoms with van der Waals surface area (Å²) < 4.78 is 10.3. The molecule has 21 heavy (non-hydrogen) atoms. The summed E-state index contributed by atoms with van der Waals surface area (Å²) in [5.74, 6) is -0.617. The number of carboxylic acid groups (broad SMARTS) is 1. The molecule has 0 aliphatic rings. The van der Waals surface area contributed by atoms with Crippen molar-refractivity contribution < 1.29 is 24.2 Å². The first kappa shape index (κ1) is 16.8. The van der Waals surface area contributed by atoms with Crippen molar-refractivity contribution in [1.29, 1.82) is 0 Å². The van der Waals surface area contributed by atoms with E-state index < -0.39 is 12.6 Å². The highest BCUT2D eigenvalue weighted by atomic mass is 16.5. The predicted molar refractivity (Wildman–Crippen MR) is 77.7 cm³/mol. The fourth-order valence-corrected chi connectivity index (χ4v) is 1.41. The zero-order valence-electron chi connectivity index (χ0n) is 12.1. The Balaban J connectivity index is 2.30. The highest BCUT2D eigenvalue weighted by Gasteiger charge is 2.03. The van der Waals surface area contributed by atoms with E-state index >= 15 is 0 Å². The molecule has 0 bridgehead atoms. The van der Waals surface area contributed by atoms with Gasteiger partial charge >= 0.3 is 12.0 Å². The SMILES string of the molecule is CC(C)OCCNC(=O)Nc1ccc(OCC(=O)O)cc1. The lowest BCUT2D eigenvalue weighted by atomic mass is 10.3. The van der Waals surface area contributed by atoms with Crippen LogP contribution >= 0.6 is 0 Å². The van der Waals surface area contributed by atoms with E-state index in [4.69, 9.17) is 14.6 Å². The molecular formula is C14H20N2O5. The molecule has 0 aliphatic heterocycles. The molecule has 116 valence electrons. The Bertz CT molecular complexity index is 459. The van der Waals surface area contributed by atoms with Gasteiger partial charge in [-0.1, -0.05) is 0 Å². The van der Waals surface area contributed by atoms with Crippen LogP contribution in [0.15, 0.2) is 24.3 Å². The molecule has 0 aliphatic carbocycles. The lowest BCUT2D eigenvalue weighted by Gasteiger charge is -2.10. The molecular weight excluding hydrogens is 276 g/mol. The van der Waals surface area contributed by atoms with Crippen LogP contribution in [0.5, 0.6) is 5.75 Å². The fourth-order valence-electron chi connectivity index (χ4n) is 1.41. The van der Waals surface area contributed by atoms with Gasteiger partial charge in [-0.3, -0.25) is 0 Å². The van der Waals surface area contributed by atoms with E-state index in [1.54, 1.807) is 24.3 Å². The second kappa shape index (κ2) is 8.80. The molecule has 0 aromatic heterocycles. The van der Waals surface area contributed by atoms with Gasteiger partial charge in [0.05, 0.1) is 12.7 Å². The Morgan fingerprint density at radius 1 is 1.24 bits per heavy atom. The molecule has 1 rings (SSSR count). The molecule has 0 saturated heterocycles. The van der Waals surface area contributed by atoms with Crippen LogP contribution in [0, 0.1) is 0 Å². The van der Waals surface area contributed by atoms with Gasteiger partial charge in [-0.25, -0.2) is 9.59 Å². The molecule has 3 N–H and O–H groups in total. The molecule has 1 aromatic rings. The number of urea groups is 1. The minimum absolute atomic E-state index is 0.133. The summed E-state index contributed by atoms with van der Waals surface area (Å²) in [6.07, 6.45) is 0.133. The van der Waals surface area contributed by atoms with Crippen LogP contribution in [0.1, 0.15) is 13.8 Å². The molecule has 0 heterocycles. The van der Waals surface area contributed by atoms with Crippen LogP contribution < -0.4 is 15.4 Å². The van der Waals surface area contributed by atoms with Gasteiger partial charge in [0, 0.05) is 12.2 Å². The normalized spacial score (nSPS) is 10.2. The zero-order chi connectivity index (χ0) is 15.7. The lowest BCUT2D eigenvalue weighted by molar-refractivity contribution is -0.139. The molecule has 7 heteroatoms. The van der Waals surface area contributed by atoms with E-state index in [1.807, 2.05) is 13.8 Å². The number of carbonyl (C=O) groups excluding carboxylic acids is 1. The summed E-state index contributed by atoms with van der Waals surface area (Å²) in [4.78, 5) is 21.9. The summed E-state index contributed by atoms with van der Waals surface area (Å²) in [7, 11) is 0. The Kier molecular flexibility index (Phi) is 7.03. The topological polar surface area (TPSA) is 96.9 Å². The fraction of sp³-hybridized carbons (Fsp3) is 0.429. The number of hydrogen-bond acceptors (Lipinski definition) is 4. The molecule has 0 saturated carbocycles. The van der Waals surface area contributed by atoms with Gasteiger partial charge in [0.2, 0.25) is 0 Å². The van der Waals surface area contributed by atoms with E-state index in [-0.39, 0.29) is 12.1 Å². The van der Waals surface area contributed by atoms with Crippen molar-refractivity contribution in [1.82, 2.24) is 5.32 Å². The summed E-state index contributed by atoms with van der Waals surface area (Å²) in [6, 6.07) is 6.09. The van der Waals surface area contributed by atoms with Crippen molar-refractivity contribution in [3.63, 3.8) is 0 Å². The van der Waals surface area contributed by atoms with Crippen LogP contribution in [0.25, 0.3) is 0 Å². The minimum atomic E-state index is -1.04. The largest absolute Gasteiger partial charge is 0.482 e. The van der Waals surface area contributed by atoms with Crippen LogP contribution in [0.3, 0.4) is 0 Å². The maximum absolute atomic E-state index is 11.6. The quantitative estimate of drug-likeness (QED) is 0.634. The maximum Gasteiger partial charge on any atom is 0.341 e. The monoisotopic (exact) mass is 296 g/mol. The first-order valence-electron chi connectivity index (χ1n) is 6.58. The number of amides is 2. The van der Waals surface area contributed by atoms with Crippen molar-refractivity contribution in [3.05, 3.63) is 24.3 Å². The van der Waals surface area contributed by atoms with Gasteiger partial charge in [0.1, 0.15) is 5.75 Å². The van der Waals surface area contributed by atoms with Crippen LogP contribution in [0.2, 0.25) is 0 Å². The van der Waals surface area contributed by atoms with E-state index in [2.05, 4.69) is 10.6 Å². The van der Waals surface area contributed by atoms with Crippen molar-refractivity contribution in [3.8, 4) is 5.75 Å². The molecule has 0 spiro atoms. The minimum Gasteiger partial charge on any atom is -0.482 e. The number of hydrogen-bond donors (Lipinski definition) is 3. The highest BCUT2D eigenvalue weighted by Crippen LogP contribution is 2.15. The van der Waals surface area contributed by atoms with Gasteiger partial charge in [0.25, 0.3) is 0 Å². The first-order valence-corrected chi connectivity index (χ1v) is 6.58. The Hall–Kier alpha value is -2.28. The van der Waals surface area contributed by atoms with Crippen LogP contribution in [-0.4, -0.2) is 43.0 Å². The third-order valence-electron chi connectivity index (χ3n) is 2.31. The number of ether oxygens (including phenoxy) is 2. The number of nitrogens with one attached hydrogen (secondary N) is 2. The molecule has 2 amide bonds. The van der Waals surface area contributed by atoms with Crippen molar-refractivity contribution in [2.24, 2.45) is 0 Å². The number of carboxylic acids is 1.